The molecule has 0 saturated heterocycles. The van der Waals surface area contributed by atoms with E-state index < -0.39 is 23.4 Å². The quantitative estimate of drug-likeness (QED) is 0.0935. The number of carbonyl (C=O) groups is 1. The van der Waals surface area contributed by atoms with Crippen LogP contribution in [0.15, 0.2) is 96.4 Å². The number of allylic oxidation sites excluding steroid dienone is 1. The highest BCUT2D eigenvalue weighted by Gasteiger charge is 2.32. The molecule has 1 unspecified atom stereocenters. The first-order chi connectivity index (χ1) is 21.8. The van der Waals surface area contributed by atoms with Crippen molar-refractivity contribution in [2.45, 2.75) is 19.4 Å². The van der Waals surface area contributed by atoms with Crippen molar-refractivity contribution in [2.24, 2.45) is 5.73 Å². The number of hydrogen-bond donors (Lipinski definition) is 1. The number of para-hydroxylation sites is 2. The maximum atomic E-state index is 14.1. The lowest BCUT2D eigenvalue weighted by molar-refractivity contribution is -0.385. The zero-order valence-corrected chi connectivity index (χ0v) is 23.9. The van der Waals surface area contributed by atoms with E-state index in [1.165, 1.54) is 36.4 Å². The van der Waals surface area contributed by atoms with E-state index in [0.29, 0.717) is 34.8 Å². The number of carbonyl (C=O) groups excluding carboxylic acids is 1. The number of benzene rings is 4. The number of nitriles is 1. The third-order valence-electron chi connectivity index (χ3n) is 6.77. The van der Waals surface area contributed by atoms with Gasteiger partial charge >= 0.3 is 11.7 Å². The Hall–Kier alpha value is -6.09. The Labute approximate surface area is 256 Å². The summed E-state index contributed by atoms with van der Waals surface area (Å²) in [5, 5.41) is 21.2. The highest BCUT2D eigenvalue weighted by molar-refractivity contribution is 5.74. The summed E-state index contributed by atoms with van der Waals surface area (Å²) in [6.07, 6.45) is 0. The summed E-state index contributed by atoms with van der Waals surface area (Å²) >= 11 is 0. The van der Waals surface area contributed by atoms with E-state index >= 15 is 0 Å². The minimum Gasteiger partial charge on any atom is -0.490 e. The number of fused-ring (bicyclic) bond motifs is 1. The van der Waals surface area contributed by atoms with Crippen LogP contribution in [0.4, 0.5) is 10.1 Å². The summed E-state index contributed by atoms with van der Waals surface area (Å²) in [5.41, 5.74) is 7.62. The number of nitrogens with two attached hydrogens (primary N) is 1. The molecule has 1 aliphatic heterocycles. The number of nitro groups is 1. The Kier molecular flexibility index (Phi) is 9.09. The predicted molar refractivity (Wildman–Crippen MR) is 158 cm³/mol. The molecular weight excluding hydrogens is 585 g/mol. The third kappa shape index (κ3) is 6.78. The smallest absolute Gasteiger partial charge is 0.349 e. The van der Waals surface area contributed by atoms with E-state index in [-0.39, 0.29) is 46.8 Å². The number of esters is 1. The predicted octanol–water partition coefficient (Wildman–Crippen LogP) is 5.91. The van der Waals surface area contributed by atoms with Crippen molar-refractivity contribution in [1.29, 1.82) is 5.26 Å². The first kappa shape index (κ1) is 30.4. The maximum Gasteiger partial charge on any atom is 0.349 e. The van der Waals surface area contributed by atoms with Crippen LogP contribution in [0.2, 0.25) is 0 Å². The summed E-state index contributed by atoms with van der Waals surface area (Å²) in [6.45, 7) is 1.53. The van der Waals surface area contributed by atoms with Gasteiger partial charge in [-0.3, -0.25) is 10.1 Å². The summed E-state index contributed by atoms with van der Waals surface area (Å²) in [4.78, 5) is 23.1. The molecule has 0 saturated carbocycles. The van der Waals surface area contributed by atoms with Crippen LogP contribution in [0.5, 0.6) is 28.7 Å². The monoisotopic (exact) mass is 611 g/mol. The molecule has 1 atom stereocenters. The average molecular weight is 612 g/mol. The molecule has 0 bridgehead atoms. The van der Waals surface area contributed by atoms with Gasteiger partial charge in [-0.05, 0) is 42.8 Å². The number of nitrogens with zero attached hydrogens (tertiary/aromatic N) is 2. The lowest BCUT2D eigenvalue weighted by Gasteiger charge is -2.27. The van der Waals surface area contributed by atoms with Gasteiger partial charge in [-0.1, -0.05) is 42.5 Å². The molecule has 45 heavy (non-hydrogen) atoms. The number of hydrogen-bond acceptors (Lipinski definition) is 10. The van der Waals surface area contributed by atoms with Gasteiger partial charge in [0.05, 0.1) is 17.4 Å². The van der Waals surface area contributed by atoms with Crippen molar-refractivity contribution in [3.8, 4) is 34.8 Å². The van der Waals surface area contributed by atoms with Gasteiger partial charge in [0.2, 0.25) is 5.88 Å². The van der Waals surface area contributed by atoms with Crippen LogP contribution < -0.4 is 29.4 Å². The van der Waals surface area contributed by atoms with Gasteiger partial charge in [-0.2, -0.15) is 5.26 Å². The number of halogens is 1. The Morgan fingerprint density at radius 3 is 2.53 bits per heavy atom. The van der Waals surface area contributed by atoms with E-state index in [4.69, 9.17) is 29.4 Å². The molecule has 5 rings (SSSR count). The highest BCUT2D eigenvalue weighted by Crippen LogP contribution is 2.45. The summed E-state index contributed by atoms with van der Waals surface area (Å²) in [7, 11) is 0. The molecule has 0 fully saturated rings. The van der Waals surface area contributed by atoms with E-state index in [1.54, 1.807) is 48.5 Å². The largest absolute Gasteiger partial charge is 0.490 e. The fourth-order valence-electron chi connectivity index (χ4n) is 4.73. The molecule has 0 spiro atoms. The first-order valence-corrected chi connectivity index (χ1v) is 13.7. The van der Waals surface area contributed by atoms with Gasteiger partial charge in [-0.15, -0.1) is 0 Å². The maximum absolute atomic E-state index is 14.1. The summed E-state index contributed by atoms with van der Waals surface area (Å²) in [6, 6.07) is 23.8. The molecular formula is C33H26FN3O8. The van der Waals surface area contributed by atoms with Crippen molar-refractivity contribution >= 4 is 11.7 Å². The molecule has 12 heteroatoms. The molecule has 4 aromatic carbocycles. The fraction of sp³-hybridized carbons (Fsp3) is 0.152. The van der Waals surface area contributed by atoms with E-state index in [0.717, 1.165) is 0 Å². The van der Waals surface area contributed by atoms with Crippen LogP contribution in [0.3, 0.4) is 0 Å². The lowest BCUT2D eigenvalue weighted by atomic mass is 9.83. The molecule has 0 aliphatic carbocycles. The van der Waals surface area contributed by atoms with Gasteiger partial charge in [0.25, 0.3) is 0 Å². The molecule has 4 aromatic rings. The molecule has 1 aliphatic rings. The van der Waals surface area contributed by atoms with Crippen LogP contribution in [0.1, 0.15) is 29.5 Å². The van der Waals surface area contributed by atoms with E-state index in [9.17, 15) is 24.6 Å². The average Bonchev–Trinajstić information content (AvgIpc) is 3.03. The number of rotatable bonds is 11. The Bertz CT molecular complexity index is 1840. The summed E-state index contributed by atoms with van der Waals surface area (Å²) < 4.78 is 42.2. The van der Waals surface area contributed by atoms with Gasteiger partial charge in [0.1, 0.15) is 35.6 Å². The topological polar surface area (TPSA) is 156 Å². The van der Waals surface area contributed by atoms with E-state index in [1.807, 2.05) is 6.92 Å². The zero-order chi connectivity index (χ0) is 31.9. The molecule has 0 amide bonds. The highest BCUT2D eigenvalue weighted by atomic mass is 19.1. The Balaban J connectivity index is 1.37. The second-order valence-electron chi connectivity index (χ2n) is 9.63. The summed E-state index contributed by atoms with van der Waals surface area (Å²) in [5.74, 6) is -0.939. The second kappa shape index (κ2) is 13.5. The zero-order valence-electron chi connectivity index (χ0n) is 23.9. The molecule has 228 valence electrons. The number of nitro benzene ring substituents is 1. The van der Waals surface area contributed by atoms with Gasteiger partial charge in [0, 0.05) is 23.3 Å². The molecule has 0 radical (unpaired) electrons. The third-order valence-corrected chi connectivity index (χ3v) is 6.77. The minimum absolute atomic E-state index is 0.0166. The Morgan fingerprint density at radius 1 is 1.00 bits per heavy atom. The van der Waals surface area contributed by atoms with Crippen molar-refractivity contribution in [2.75, 3.05) is 13.2 Å². The SMILES string of the molecule is CCOc1cc(C2C(C#N)=C(N)Oc3cc(OC(=O)COc4ccccc4[N+](=O)[O-])ccc32)ccc1OCc1ccccc1F. The van der Waals surface area contributed by atoms with Crippen LogP contribution in [0.25, 0.3) is 0 Å². The van der Waals surface area contributed by atoms with Crippen molar-refractivity contribution in [3.63, 3.8) is 0 Å². The normalized spacial score (nSPS) is 13.6. The van der Waals surface area contributed by atoms with Gasteiger partial charge < -0.3 is 29.4 Å². The van der Waals surface area contributed by atoms with Gasteiger partial charge in [-0.25, -0.2) is 9.18 Å². The standard InChI is InChI=1S/C33H26FN3O8/c1-2-41-30-15-20(11-14-28(30)42-18-21-7-3-4-8-25(21)34)32-23-13-12-22(16-29(23)45-33(36)24(32)17-35)44-31(38)19-43-27-10-6-5-9-26(27)37(39)40/h3-16,32H,2,18-19,36H2,1H3. The lowest BCUT2D eigenvalue weighted by Crippen LogP contribution is -2.22. The van der Waals surface area contributed by atoms with Crippen LogP contribution in [-0.4, -0.2) is 24.1 Å². The van der Waals surface area contributed by atoms with Crippen LogP contribution in [-0.2, 0) is 11.4 Å². The second-order valence-corrected chi connectivity index (χ2v) is 9.63. The Morgan fingerprint density at radius 2 is 1.78 bits per heavy atom. The molecule has 1 heterocycles. The van der Waals surface area contributed by atoms with Crippen molar-refractivity contribution in [3.05, 3.63) is 129 Å². The molecule has 2 N–H and O–H groups in total. The fourth-order valence-corrected chi connectivity index (χ4v) is 4.73. The first-order valence-electron chi connectivity index (χ1n) is 13.7. The van der Waals surface area contributed by atoms with Gasteiger partial charge in [0.15, 0.2) is 23.9 Å². The minimum atomic E-state index is -0.811. The molecule has 11 nitrogen and oxygen atoms in total. The van der Waals surface area contributed by atoms with E-state index in [2.05, 4.69) is 6.07 Å². The molecule has 0 aromatic heterocycles. The number of ether oxygens (including phenoxy) is 5. The van der Waals surface area contributed by atoms with Crippen LogP contribution >= 0.6 is 0 Å². The van der Waals surface area contributed by atoms with Crippen LogP contribution in [0, 0.1) is 27.3 Å². The van der Waals surface area contributed by atoms with Crippen molar-refractivity contribution < 1.29 is 37.8 Å². The van der Waals surface area contributed by atoms with Crippen molar-refractivity contribution in [1.82, 2.24) is 0 Å².